The molecule has 4 rings (SSSR count). The molecular formula is C18H21N5O2. The molecule has 1 aliphatic carbocycles. The summed E-state index contributed by atoms with van der Waals surface area (Å²) in [5.74, 6) is 1.43. The van der Waals surface area contributed by atoms with Crippen molar-refractivity contribution in [2.24, 2.45) is 0 Å². The highest BCUT2D eigenvalue weighted by molar-refractivity contribution is 5.67. The first kappa shape index (κ1) is 15.8. The maximum absolute atomic E-state index is 5.59. The molecule has 130 valence electrons. The molecule has 0 atom stereocenters. The lowest BCUT2D eigenvalue weighted by Crippen LogP contribution is -2.06. The molecule has 0 spiro atoms. The van der Waals surface area contributed by atoms with Crippen molar-refractivity contribution >= 4 is 11.3 Å². The summed E-state index contributed by atoms with van der Waals surface area (Å²) in [6, 6.07) is 10.2. The Balaban J connectivity index is 1.44. The predicted octanol–water partition coefficient (Wildman–Crippen LogP) is 2.64. The minimum atomic E-state index is 0.555. The number of ether oxygens (including phenoxy) is 2. The zero-order valence-electron chi connectivity index (χ0n) is 14.2. The minimum absolute atomic E-state index is 0.555. The highest BCUT2D eigenvalue weighted by Gasteiger charge is 2.26. The van der Waals surface area contributed by atoms with Gasteiger partial charge in [0.2, 0.25) is 5.65 Å². The summed E-state index contributed by atoms with van der Waals surface area (Å²) < 4.78 is 12.3. The van der Waals surface area contributed by atoms with Gasteiger partial charge < -0.3 is 14.8 Å². The van der Waals surface area contributed by atoms with E-state index in [9.17, 15) is 0 Å². The molecule has 2 aromatic heterocycles. The molecule has 1 aliphatic rings. The molecule has 0 unspecified atom stereocenters. The molecule has 7 heteroatoms. The summed E-state index contributed by atoms with van der Waals surface area (Å²) in [6.45, 7) is 1.85. The number of hydrogen-bond donors (Lipinski definition) is 1. The van der Waals surface area contributed by atoms with Crippen molar-refractivity contribution < 1.29 is 9.47 Å². The number of nitrogens with one attached hydrogen (secondary N) is 1. The number of fused-ring (bicyclic) bond motifs is 1. The second-order valence-electron chi connectivity index (χ2n) is 6.20. The Kier molecular flexibility index (Phi) is 4.47. The number of aromatic nitrogens is 4. The maximum Gasteiger partial charge on any atom is 0.200 e. The lowest BCUT2D eigenvalue weighted by atomic mass is 10.2. The third-order valence-electron chi connectivity index (χ3n) is 4.24. The van der Waals surface area contributed by atoms with Crippen molar-refractivity contribution in [2.45, 2.75) is 25.3 Å². The smallest absolute Gasteiger partial charge is 0.200 e. The van der Waals surface area contributed by atoms with Crippen LogP contribution >= 0.6 is 0 Å². The fourth-order valence-electron chi connectivity index (χ4n) is 2.70. The van der Waals surface area contributed by atoms with Gasteiger partial charge in [-0.05, 0) is 36.6 Å². The normalized spacial score (nSPS) is 14.0. The van der Waals surface area contributed by atoms with Gasteiger partial charge in [0.05, 0.1) is 18.0 Å². The third kappa shape index (κ3) is 3.71. The Morgan fingerprint density at radius 2 is 2.04 bits per heavy atom. The fraction of sp³-hybridized carbons (Fsp3) is 0.389. The van der Waals surface area contributed by atoms with E-state index in [0.29, 0.717) is 25.7 Å². The molecule has 1 fully saturated rings. The summed E-state index contributed by atoms with van der Waals surface area (Å²) in [7, 11) is 1.66. The quantitative estimate of drug-likeness (QED) is 0.636. The minimum Gasteiger partial charge on any atom is -0.491 e. The zero-order chi connectivity index (χ0) is 17.1. The van der Waals surface area contributed by atoms with Crippen LogP contribution in [0.4, 0.5) is 5.69 Å². The van der Waals surface area contributed by atoms with Crippen LogP contribution in [0, 0.1) is 0 Å². The highest BCUT2D eigenvalue weighted by atomic mass is 16.5. The number of rotatable bonds is 8. The average Bonchev–Trinajstić information content (AvgIpc) is 3.38. The van der Waals surface area contributed by atoms with Gasteiger partial charge in [-0.1, -0.05) is 12.1 Å². The highest BCUT2D eigenvalue weighted by Crippen LogP contribution is 2.39. The van der Waals surface area contributed by atoms with Gasteiger partial charge in [-0.3, -0.25) is 0 Å². The molecule has 0 radical (unpaired) electrons. The van der Waals surface area contributed by atoms with Crippen molar-refractivity contribution in [2.75, 3.05) is 25.6 Å². The summed E-state index contributed by atoms with van der Waals surface area (Å²) in [5.41, 5.74) is 4.00. The second kappa shape index (κ2) is 7.06. The van der Waals surface area contributed by atoms with Crippen LogP contribution in [0.1, 0.15) is 30.0 Å². The Hall–Kier alpha value is -2.67. The van der Waals surface area contributed by atoms with Crippen LogP contribution in [0.2, 0.25) is 0 Å². The molecule has 2 heterocycles. The van der Waals surface area contributed by atoms with E-state index in [1.165, 1.54) is 18.4 Å². The van der Waals surface area contributed by atoms with E-state index >= 15 is 0 Å². The van der Waals surface area contributed by atoms with Crippen LogP contribution in [0.3, 0.4) is 0 Å². The molecule has 1 aromatic carbocycles. The standard InChI is InChI=1S/C18H21N5O2/c1-24-8-9-25-15-6-2-13(3-7-15)11-19-17-10-16(14-4-5-14)22-23-12-20-21-18(17)23/h2-3,6-7,10,12,14,19H,4-5,8-9,11H2,1H3. The van der Waals surface area contributed by atoms with E-state index in [4.69, 9.17) is 9.47 Å². The monoisotopic (exact) mass is 339 g/mol. The lowest BCUT2D eigenvalue weighted by Gasteiger charge is -2.10. The van der Waals surface area contributed by atoms with Crippen LogP contribution in [-0.2, 0) is 11.3 Å². The number of methoxy groups -OCH3 is 1. The van der Waals surface area contributed by atoms with Gasteiger partial charge >= 0.3 is 0 Å². The van der Waals surface area contributed by atoms with E-state index in [-0.39, 0.29) is 0 Å². The summed E-state index contributed by atoms with van der Waals surface area (Å²) in [6.07, 6.45) is 4.08. The Morgan fingerprint density at radius 1 is 1.20 bits per heavy atom. The Bertz CT molecular complexity index is 842. The van der Waals surface area contributed by atoms with Crippen molar-refractivity contribution in [3.63, 3.8) is 0 Å². The number of hydrogen-bond acceptors (Lipinski definition) is 6. The van der Waals surface area contributed by atoms with Gasteiger partial charge in [0.25, 0.3) is 0 Å². The average molecular weight is 339 g/mol. The molecule has 7 nitrogen and oxygen atoms in total. The summed E-state index contributed by atoms with van der Waals surface area (Å²) in [4.78, 5) is 0. The van der Waals surface area contributed by atoms with Gasteiger partial charge in [-0.2, -0.15) is 9.61 Å². The molecule has 0 amide bonds. The van der Waals surface area contributed by atoms with Gasteiger partial charge in [-0.25, -0.2) is 0 Å². The lowest BCUT2D eigenvalue weighted by molar-refractivity contribution is 0.146. The van der Waals surface area contributed by atoms with Crippen LogP contribution in [0.5, 0.6) is 5.75 Å². The van der Waals surface area contributed by atoms with Gasteiger partial charge in [-0.15, -0.1) is 10.2 Å². The Morgan fingerprint density at radius 3 is 2.80 bits per heavy atom. The van der Waals surface area contributed by atoms with Crippen molar-refractivity contribution in [3.05, 3.63) is 47.9 Å². The molecule has 25 heavy (non-hydrogen) atoms. The zero-order valence-corrected chi connectivity index (χ0v) is 14.2. The van der Waals surface area contributed by atoms with E-state index in [0.717, 1.165) is 22.8 Å². The number of benzene rings is 1. The second-order valence-corrected chi connectivity index (χ2v) is 6.20. The Labute approximate surface area is 146 Å². The van der Waals surface area contributed by atoms with E-state index in [1.807, 2.05) is 12.1 Å². The predicted molar refractivity (Wildman–Crippen MR) is 93.9 cm³/mol. The van der Waals surface area contributed by atoms with Crippen LogP contribution < -0.4 is 10.1 Å². The first-order valence-corrected chi connectivity index (χ1v) is 8.49. The van der Waals surface area contributed by atoms with Gasteiger partial charge in [0.15, 0.2) is 0 Å². The van der Waals surface area contributed by atoms with Crippen molar-refractivity contribution in [1.29, 1.82) is 0 Å². The van der Waals surface area contributed by atoms with Crippen molar-refractivity contribution in [1.82, 2.24) is 19.8 Å². The SMILES string of the molecule is COCCOc1ccc(CNc2cc(C3CC3)nn3cnnc23)cc1. The van der Waals surface area contributed by atoms with Crippen molar-refractivity contribution in [3.8, 4) is 5.75 Å². The summed E-state index contributed by atoms with van der Waals surface area (Å²) in [5, 5.41) is 16.2. The number of nitrogens with zero attached hydrogens (tertiary/aromatic N) is 4. The van der Waals surface area contributed by atoms with E-state index < -0.39 is 0 Å². The maximum atomic E-state index is 5.59. The molecule has 0 bridgehead atoms. The molecule has 0 saturated heterocycles. The first-order chi connectivity index (χ1) is 12.3. The first-order valence-electron chi connectivity index (χ1n) is 8.49. The van der Waals surface area contributed by atoms with Crippen LogP contribution in [-0.4, -0.2) is 40.1 Å². The third-order valence-corrected chi connectivity index (χ3v) is 4.24. The molecular weight excluding hydrogens is 318 g/mol. The summed E-state index contributed by atoms with van der Waals surface area (Å²) >= 11 is 0. The van der Waals surface area contributed by atoms with Crippen LogP contribution in [0.25, 0.3) is 5.65 Å². The molecule has 3 aromatic rings. The fourth-order valence-corrected chi connectivity index (χ4v) is 2.70. The topological polar surface area (TPSA) is 73.6 Å². The van der Waals surface area contributed by atoms with Gasteiger partial charge in [0, 0.05) is 19.6 Å². The number of anilines is 1. The van der Waals surface area contributed by atoms with E-state index in [2.05, 4.69) is 38.8 Å². The van der Waals surface area contributed by atoms with E-state index in [1.54, 1.807) is 18.0 Å². The molecule has 0 aliphatic heterocycles. The molecule has 1 saturated carbocycles. The largest absolute Gasteiger partial charge is 0.491 e. The molecule has 1 N–H and O–H groups in total. The van der Waals surface area contributed by atoms with Gasteiger partial charge in [0.1, 0.15) is 18.7 Å². The van der Waals surface area contributed by atoms with Crippen LogP contribution in [0.15, 0.2) is 36.7 Å².